The average molecular weight is 186 g/mol. The summed E-state index contributed by atoms with van der Waals surface area (Å²) in [6.45, 7) is 5.02. The number of aliphatic hydroxyl groups is 1. The normalized spacial score (nSPS) is 43.2. The molecule has 0 saturated carbocycles. The Kier molecular flexibility index (Phi) is 2.13. The molecule has 0 aromatic rings. The summed E-state index contributed by atoms with van der Waals surface area (Å²) in [5, 5.41) is 8.97. The highest BCUT2D eigenvalue weighted by molar-refractivity contribution is 4.98. The van der Waals surface area contributed by atoms with Crippen LogP contribution in [0.15, 0.2) is 0 Å². The minimum Gasteiger partial charge on any atom is -0.394 e. The second kappa shape index (κ2) is 2.94. The molecule has 2 heterocycles. The first-order valence-electron chi connectivity index (χ1n) is 4.98. The van der Waals surface area contributed by atoms with Gasteiger partial charge in [-0.3, -0.25) is 0 Å². The van der Waals surface area contributed by atoms with Crippen molar-refractivity contribution >= 4 is 0 Å². The molecule has 2 aliphatic heterocycles. The Morgan fingerprint density at radius 2 is 2.23 bits per heavy atom. The topological polar surface area (TPSA) is 38.7 Å². The summed E-state index contributed by atoms with van der Waals surface area (Å²) in [6.07, 6.45) is 2.99. The third kappa shape index (κ3) is 1.73. The summed E-state index contributed by atoms with van der Waals surface area (Å²) >= 11 is 0. The fraction of sp³-hybridized carbons (Fsp3) is 1.00. The van der Waals surface area contributed by atoms with Gasteiger partial charge in [0.2, 0.25) is 0 Å². The van der Waals surface area contributed by atoms with E-state index in [0.29, 0.717) is 6.61 Å². The van der Waals surface area contributed by atoms with E-state index in [-0.39, 0.29) is 23.9 Å². The second-order valence-corrected chi connectivity index (χ2v) is 4.87. The molecule has 1 N–H and O–H groups in total. The smallest absolute Gasteiger partial charge is 0.0948 e. The van der Waals surface area contributed by atoms with E-state index in [1.165, 1.54) is 0 Å². The van der Waals surface area contributed by atoms with Gasteiger partial charge in [-0.05, 0) is 26.7 Å². The number of hydrogen-bond acceptors (Lipinski definition) is 3. The van der Waals surface area contributed by atoms with E-state index >= 15 is 0 Å². The molecular weight excluding hydrogens is 168 g/mol. The van der Waals surface area contributed by atoms with Crippen LogP contribution in [0.5, 0.6) is 0 Å². The van der Waals surface area contributed by atoms with E-state index in [4.69, 9.17) is 14.6 Å². The fourth-order valence-corrected chi connectivity index (χ4v) is 2.47. The average Bonchev–Trinajstić information content (AvgIpc) is 2.57. The van der Waals surface area contributed by atoms with E-state index < -0.39 is 0 Å². The Morgan fingerprint density at radius 1 is 1.46 bits per heavy atom. The standard InChI is InChI=1S/C10H18O3/c1-9(2)6-10(7-12-9)4-3-8(5-11)13-10/h8,11H,3-7H2,1-2H3/t8-,10+/m1/s1. The number of rotatable bonds is 1. The van der Waals surface area contributed by atoms with Crippen LogP contribution < -0.4 is 0 Å². The maximum Gasteiger partial charge on any atom is 0.0948 e. The molecule has 0 aliphatic carbocycles. The van der Waals surface area contributed by atoms with Crippen molar-refractivity contribution in [2.45, 2.75) is 50.4 Å². The van der Waals surface area contributed by atoms with Gasteiger partial charge in [0.15, 0.2) is 0 Å². The molecule has 2 aliphatic rings. The molecule has 1 spiro atoms. The summed E-state index contributed by atoms with van der Waals surface area (Å²) < 4.78 is 11.5. The summed E-state index contributed by atoms with van der Waals surface area (Å²) in [4.78, 5) is 0. The summed E-state index contributed by atoms with van der Waals surface area (Å²) in [7, 11) is 0. The Balaban J connectivity index is 2.01. The van der Waals surface area contributed by atoms with E-state index in [2.05, 4.69) is 13.8 Å². The number of hydrogen-bond donors (Lipinski definition) is 1. The van der Waals surface area contributed by atoms with Gasteiger partial charge in [-0.2, -0.15) is 0 Å². The fourth-order valence-electron chi connectivity index (χ4n) is 2.47. The van der Waals surface area contributed by atoms with Gasteiger partial charge in [0.1, 0.15) is 0 Å². The van der Waals surface area contributed by atoms with E-state index in [0.717, 1.165) is 19.3 Å². The Morgan fingerprint density at radius 3 is 2.69 bits per heavy atom. The van der Waals surface area contributed by atoms with Gasteiger partial charge < -0.3 is 14.6 Å². The first-order valence-corrected chi connectivity index (χ1v) is 4.98. The van der Waals surface area contributed by atoms with Crippen LogP contribution in [0.3, 0.4) is 0 Å². The van der Waals surface area contributed by atoms with Crippen molar-refractivity contribution in [1.82, 2.24) is 0 Å². The predicted octanol–water partition coefficient (Wildman–Crippen LogP) is 1.10. The summed E-state index contributed by atoms with van der Waals surface area (Å²) in [6, 6.07) is 0. The van der Waals surface area contributed by atoms with E-state index in [1.54, 1.807) is 0 Å². The van der Waals surface area contributed by atoms with Crippen molar-refractivity contribution in [3.8, 4) is 0 Å². The third-order valence-electron chi connectivity index (χ3n) is 3.02. The van der Waals surface area contributed by atoms with Crippen LogP contribution in [0, 0.1) is 0 Å². The van der Waals surface area contributed by atoms with Crippen LogP contribution in [0.25, 0.3) is 0 Å². The molecule has 3 nitrogen and oxygen atoms in total. The lowest BCUT2D eigenvalue weighted by Crippen LogP contribution is -2.31. The largest absolute Gasteiger partial charge is 0.394 e. The lowest BCUT2D eigenvalue weighted by molar-refractivity contribution is -0.0620. The molecule has 0 amide bonds. The molecule has 13 heavy (non-hydrogen) atoms. The van der Waals surface area contributed by atoms with Gasteiger partial charge in [-0.15, -0.1) is 0 Å². The van der Waals surface area contributed by atoms with Gasteiger partial charge >= 0.3 is 0 Å². The van der Waals surface area contributed by atoms with Crippen LogP contribution in [0.4, 0.5) is 0 Å². The van der Waals surface area contributed by atoms with Crippen molar-refractivity contribution in [3.05, 3.63) is 0 Å². The zero-order valence-electron chi connectivity index (χ0n) is 8.38. The zero-order chi connectivity index (χ0) is 9.53. The summed E-state index contributed by atoms with van der Waals surface area (Å²) in [5.74, 6) is 0. The molecular formula is C10H18O3. The first kappa shape index (κ1) is 9.44. The van der Waals surface area contributed by atoms with Crippen LogP contribution >= 0.6 is 0 Å². The lowest BCUT2D eigenvalue weighted by atomic mass is 9.91. The molecule has 0 aromatic carbocycles. The van der Waals surface area contributed by atoms with Crippen molar-refractivity contribution < 1.29 is 14.6 Å². The van der Waals surface area contributed by atoms with Crippen LogP contribution in [0.2, 0.25) is 0 Å². The molecule has 0 radical (unpaired) electrons. The molecule has 2 saturated heterocycles. The van der Waals surface area contributed by atoms with Crippen LogP contribution in [-0.2, 0) is 9.47 Å². The van der Waals surface area contributed by atoms with Crippen LogP contribution in [0.1, 0.15) is 33.1 Å². The summed E-state index contributed by atoms with van der Waals surface area (Å²) in [5.41, 5.74) is -0.138. The molecule has 0 bridgehead atoms. The predicted molar refractivity (Wildman–Crippen MR) is 48.6 cm³/mol. The Labute approximate surface area is 79.0 Å². The van der Waals surface area contributed by atoms with Gasteiger partial charge in [-0.1, -0.05) is 0 Å². The van der Waals surface area contributed by atoms with Crippen molar-refractivity contribution in [1.29, 1.82) is 0 Å². The van der Waals surface area contributed by atoms with Gasteiger partial charge in [0.25, 0.3) is 0 Å². The molecule has 2 fully saturated rings. The van der Waals surface area contributed by atoms with E-state index in [1.807, 2.05) is 0 Å². The second-order valence-electron chi connectivity index (χ2n) is 4.87. The van der Waals surface area contributed by atoms with Crippen LogP contribution in [-0.4, -0.2) is 35.6 Å². The molecule has 76 valence electrons. The minimum atomic E-state index is -0.0864. The monoisotopic (exact) mass is 186 g/mol. The highest BCUT2D eigenvalue weighted by Gasteiger charge is 2.49. The molecule has 3 heteroatoms. The first-order chi connectivity index (χ1) is 6.05. The lowest BCUT2D eigenvalue weighted by Gasteiger charge is -2.23. The molecule has 2 rings (SSSR count). The maximum absolute atomic E-state index is 8.97. The van der Waals surface area contributed by atoms with Crippen molar-refractivity contribution in [2.24, 2.45) is 0 Å². The molecule has 0 unspecified atom stereocenters. The van der Waals surface area contributed by atoms with Gasteiger partial charge in [0, 0.05) is 6.42 Å². The maximum atomic E-state index is 8.97. The highest BCUT2D eigenvalue weighted by Crippen LogP contribution is 2.43. The van der Waals surface area contributed by atoms with Gasteiger partial charge in [0.05, 0.1) is 30.5 Å². The number of ether oxygens (including phenoxy) is 2. The molecule has 0 aromatic heterocycles. The van der Waals surface area contributed by atoms with Gasteiger partial charge in [-0.25, -0.2) is 0 Å². The van der Waals surface area contributed by atoms with Crippen molar-refractivity contribution in [2.75, 3.05) is 13.2 Å². The zero-order valence-corrected chi connectivity index (χ0v) is 8.38. The number of aliphatic hydroxyl groups excluding tert-OH is 1. The van der Waals surface area contributed by atoms with E-state index in [9.17, 15) is 0 Å². The Bertz CT molecular complexity index is 202. The highest BCUT2D eigenvalue weighted by atomic mass is 16.6. The quantitative estimate of drug-likeness (QED) is 0.666. The van der Waals surface area contributed by atoms with Crippen molar-refractivity contribution in [3.63, 3.8) is 0 Å². The molecule has 2 atom stereocenters. The minimum absolute atomic E-state index is 0.0394. The Hall–Kier alpha value is -0.120. The third-order valence-corrected chi connectivity index (χ3v) is 3.02. The SMILES string of the molecule is CC1(C)C[C@@]2(CC[C@H](CO)O2)CO1.